The molecule has 1 aliphatic carbocycles. The van der Waals surface area contributed by atoms with Gasteiger partial charge in [0.1, 0.15) is 23.0 Å². The lowest BCUT2D eigenvalue weighted by Crippen LogP contribution is -2.40. The number of hydrogen-bond donors (Lipinski definition) is 2. The van der Waals surface area contributed by atoms with Crippen LogP contribution in [0.1, 0.15) is 54.6 Å². The number of alkyl halides is 2. The van der Waals surface area contributed by atoms with Crippen molar-refractivity contribution in [3.63, 3.8) is 0 Å². The molecular weight excluding hydrogens is 414 g/mol. The average Bonchev–Trinajstić information content (AvgIpc) is 3.14. The Kier molecular flexibility index (Phi) is 5.55. The summed E-state index contributed by atoms with van der Waals surface area (Å²) in [7, 11) is 0. The van der Waals surface area contributed by atoms with Crippen LogP contribution in [-0.2, 0) is 0 Å². The molecule has 0 aliphatic heterocycles. The van der Waals surface area contributed by atoms with Crippen molar-refractivity contribution in [2.45, 2.75) is 50.6 Å². The lowest BCUT2D eigenvalue weighted by atomic mass is 9.92. The van der Waals surface area contributed by atoms with Gasteiger partial charge in [-0.05, 0) is 44.0 Å². The normalized spacial score (nSPS) is 17.5. The highest BCUT2D eigenvalue weighted by Gasteiger charge is 2.35. The first-order chi connectivity index (χ1) is 14.7. The van der Waals surface area contributed by atoms with E-state index < -0.39 is 29.5 Å². The molecule has 0 spiro atoms. The number of anilines is 1. The van der Waals surface area contributed by atoms with Gasteiger partial charge in [-0.2, -0.15) is 5.10 Å². The van der Waals surface area contributed by atoms with E-state index in [-0.39, 0.29) is 48.5 Å². The Morgan fingerprint density at radius 1 is 1.23 bits per heavy atom. The number of fused-ring (bicyclic) bond motifs is 1. The van der Waals surface area contributed by atoms with Gasteiger partial charge >= 0.3 is 0 Å². The number of rotatable bonds is 5. The third-order valence-corrected chi connectivity index (χ3v) is 5.46. The van der Waals surface area contributed by atoms with E-state index in [0.717, 1.165) is 18.2 Å². The number of amides is 1. The van der Waals surface area contributed by atoms with Crippen molar-refractivity contribution in [2.75, 3.05) is 5.32 Å². The summed E-state index contributed by atoms with van der Waals surface area (Å²) < 4.78 is 55.6. The van der Waals surface area contributed by atoms with Crippen molar-refractivity contribution >= 4 is 17.4 Å². The van der Waals surface area contributed by atoms with Crippen molar-refractivity contribution in [1.82, 2.24) is 19.9 Å². The van der Waals surface area contributed by atoms with Gasteiger partial charge in [0.25, 0.3) is 5.91 Å². The number of nitrogens with zero attached hydrogens (tertiary/aromatic N) is 3. The predicted molar refractivity (Wildman–Crippen MR) is 106 cm³/mol. The molecule has 4 rings (SSSR count). The summed E-state index contributed by atoms with van der Waals surface area (Å²) in [5.74, 6) is -3.88. The van der Waals surface area contributed by atoms with Crippen molar-refractivity contribution in [3.8, 4) is 0 Å². The predicted octanol–water partition coefficient (Wildman–Crippen LogP) is 4.49. The van der Waals surface area contributed by atoms with Gasteiger partial charge < -0.3 is 10.6 Å². The smallest absolute Gasteiger partial charge is 0.256 e. The highest BCUT2D eigenvalue weighted by atomic mass is 19.3. The van der Waals surface area contributed by atoms with Crippen LogP contribution in [-0.4, -0.2) is 32.5 Å². The van der Waals surface area contributed by atoms with Gasteiger partial charge in [-0.25, -0.2) is 27.1 Å². The monoisotopic (exact) mass is 435 g/mol. The van der Waals surface area contributed by atoms with Gasteiger partial charge in [0.2, 0.25) is 5.92 Å². The number of halogens is 4. The van der Waals surface area contributed by atoms with E-state index in [9.17, 15) is 22.4 Å². The molecule has 2 aromatic heterocycles. The molecule has 0 radical (unpaired) electrons. The molecule has 2 N–H and O–H groups in total. The molecule has 2 heterocycles. The summed E-state index contributed by atoms with van der Waals surface area (Å²) in [6, 6.07) is 3.88. The van der Waals surface area contributed by atoms with Gasteiger partial charge in [-0.1, -0.05) is 0 Å². The molecule has 1 aliphatic rings. The molecule has 31 heavy (non-hydrogen) atoms. The second-order valence-corrected chi connectivity index (χ2v) is 7.77. The molecule has 1 fully saturated rings. The average molecular weight is 435 g/mol. The lowest BCUT2D eigenvalue weighted by molar-refractivity contribution is -0.0399. The second-order valence-electron chi connectivity index (χ2n) is 7.77. The lowest BCUT2D eigenvalue weighted by Gasteiger charge is -2.28. The molecule has 1 atom stereocenters. The SMILES string of the molecule is CC(Nc1ccn2ncc(C(=O)NC3CCC(F)(F)CC3)c2n1)c1cc(F)ccc1F. The quantitative estimate of drug-likeness (QED) is 0.580. The van der Waals surface area contributed by atoms with Crippen molar-refractivity contribution < 1.29 is 22.4 Å². The first-order valence-corrected chi connectivity index (χ1v) is 9.96. The van der Waals surface area contributed by atoms with Crippen LogP contribution in [0.25, 0.3) is 5.65 Å². The highest BCUT2D eigenvalue weighted by Crippen LogP contribution is 2.33. The summed E-state index contributed by atoms with van der Waals surface area (Å²) in [5, 5.41) is 9.86. The minimum Gasteiger partial charge on any atom is -0.363 e. The largest absolute Gasteiger partial charge is 0.363 e. The number of carbonyl (C=O) groups excluding carboxylic acids is 1. The molecule has 6 nitrogen and oxygen atoms in total. The van der Waals surface area contributed by atoms with Crippen LogP contribution in [0.5, 0.6) is 0 Å². The van der Waals surface area contributed by atoms with E-state index in [4.69, 9.17) is 0 Å². The Hall–Kier alpha value is -3.17. The zero-order chi connectivity index (χ0) is 22.2. The summed E-state index contributed by atoms with van der Waals surface area (Å²) in [5.41, 5.74) is 0.600. The zero-order valence-electron chi connectivity index (χ0n) is 16.7. The Bertz CT molecular complexity index is 1110. The molecule has 1 amide bonds. The fourth-order valence-corrected chi connectivity index (χ4v) is 3.70. The zero-order valence-corrected chi connectivity index (χ0v) is 16.7. The number of benzene rings is 1. The van der Waals surface area contributed by atoms with E-state index in [1.165, 1.54) is 10.7 Å². The molecule has 10 heteroatoms. The van der Waals surface area contributed by atoms with Crippen LogP contribution in [0.4, 0.5) is 23.4 Å². The first-order valence-electron chi connectivity index (χ1n) is 9.96. The molecule has 1 unspecified atom stereocenters. The van der Waals surface area contributed by atoms with Crippen LogP contribution in [0, 0.1) is 11.6 Å². The molecule has 3 aromatic rings. The fourth-order valence-electron chi connectivity index (χ4n) is 3.70. The third kappa shape index (κ3) is 4.62. The number of hydrogen-bond acceptors (Lipinski definition) is 4. The Morgan fingerprint density at radius 2 is 1.97 bits per heavy atom. The second kappa shape index (κ2) is 8.16. The number of aromatic nitrogens is 3. The van der Waals surface area contributed by atoms with Crippen molar-refractivity contribution in [1.29, 1.82) is 0 Å². The minimum atomic E-state index is -2.67. The van der Waals surface area contributed by atoms with E-state index in [1.807, 2.05) is 0 Å². The van der Waals surface area contributed by atoms with Crippen LogP contribution < -0.4 is 10.6 Å². The van der Waals surface area contributed by atoms with E-state index in [2.05, 4.69) is 20.7 Å². The van der Waals surface area contributed by atoms with Crippen molar-refractivity contribution in [2.24, 2.45) is 0 Å². The Labute approximate surface area is 175 Å². The van der Waals surface area contributed by atoms with Crippen LogP contribution in [0.15, 0.2) is 36.7 Å². The van der Waals surface area contributed by atoms with E-state index >= 15 is 0 Å². The molecule has 0 bridgehead atoms. The third-order valence-electron chi connectivity index (χ3n) is 5.46. The molecule has 164 valence electrons. The van der Waals surface area contributed by atoms with Crippen molar-refractivity contribution in [3.05, 3.63) is 59.4 Å². The standard InChI is InChI=1S/C21H21F4N5O/c1-12(15-10-13(22)2-3-17(15)23)27-18-6-9-30-19(29-18)16(11-26-30)20(31)28-14-4-7-21(24,25)8-5-14/h2-3,6,9-12,14H,4-5,7-8H2,1H3,(H,27,29)(H,28,31). The van der Waals surface area contributed by atoms with Gasteiger partial charge in [-0.3, -0.25) is 4.79 Å². The summed E-state index contributed by atoms with van der Waals surface area (Å²) in [6.07, 6.45) is 2.83. The molecule has 1 saturated carbocycles. The van der Waals surface area contributed by atoms with Crippen LogP contribution >= 0.6 is 0 Å². The minimum absolute atomic E-state index is 0.141. The maximum atomic E-state index is 14.0. The highest BCUT2D eigenvalue weighted by molar-refractivity contribution is 5.99. The summed E-state index contributed by atoms with van der Waals surface area (Å²) in [4.78, 5) is 17.1. The van der Waals surface area contributed by atoms with Gasteiger partial charge in [0.05, 0.1) is 12.2 Å². The van der Waals surface area contributed by atoms with E-state index in [0.29, 0.717) is 5.82 Å². The maximum Gasteiger partial charge on any atom is 0.256 e. The number of carbonyl (C=O) groups is 1. The van der Waals surface area contributed by atoms with Crippen LogP contribution in [0.2, 0.25) is 0 Å². The van der Waals surface area contributed by atoms with Gasteiger partial charge in [-0.15, -0.1) is 0 Å². The van der Waals surface area contributed by atoms with E-state index in [1.54, 1.807) is 19.2 Å². The summed E-state index contributed by atoms with van der Waals surface area (Å²) in [6.45, 7) is 1.66. The van der Waals surface area contributed by atoms with Gasteiger partial charge in [0.15, 0.2) is 5.65 Å². The Morgan fingerprint density at radius 3 is 2.71 bits per heavy atom. The topological polar surface area (TPSA) is 71.3 Å². The maximum absolute atomic E-state index is 14.0. The van der Waals surface area contributed by atoms with Crippen LogP contribution in [0.3, 0.4) is 0 Å². The molecular formula is C21H21F4N5O. The Balaban J connectivity index is 1.51. The molecule has 0 saturated heterocycles. The number of nitrogens with one attached hydrogen (secondary N) is 2. The fraction of sp³-hybridized carbons (Fsp3) is 0.381. The molecule has 1 aromatic carbocycles. The first kappa shape index (κ1) is 21.1. The van der Waals surface area contributed by atoms with Gasteiger partial charge in [0, 0.05) is 30.6 Å². The summed E-state index contributed by atoms with van der Waals surface area (Å²) >= 11 is 0.